The minimum absolute atomic E-state index is 0.0259. The summed E-state index contributed by atoms with van der Waals surface area (Å²) in [4.78, 5) is 24.2. The predicted octanol–water partition coefficient (Wildman–Crippen LogP) is 3.96. The van der Waals surface area contributed by atoms with E-state index in [9.17, 15) is 9.59 Å². The number of carbonyl (C=O) groups excluding carboxylic acids is 2. The van der Waals surface area contributed by atoms with Gasteiger partial charge in [-0.05, 0) is 67.1 Å². The zero-order valence-electron chi connectivity index (χ0n) is 14.2. The fourth-order valence-electron chi connectivity index (χ4n) is 2.70. The smallest absolute Gasteiger partial charge is 0.257 e. The lowest BCUT2D eigenvalue weighted by Gasteiger charge is -2.11. The molecule has 1 heterocycles. The van der Waals surface area contributed by atoms with Crippen LogP contribution in [0.2, 0.25) is 5.02 Å². The highest BCUT2D eigenvalue weighted by Gasteiger charge is 2.16. The molecule has 1 aliphatic heterocycles. The molecule has 26 heavy (non-hydrogen) atoms. The average Bonchev–Trinajstić information content (AvgIpc) is 3.19. The van der Waals surface area contributed by atoms with Crippen LogP contribution in [-0.4, -0.2) is 35.8 Å². The molecule has 0 saturated carbocycles. The summed E-state index contributed by atoms with van der Waals surface area (Å²) in [6, 6.07) is 13.6. The summed E-state index contributed by atoms with van der Waals surface area (Å²) in [6.07, 6.45) is 2.39. The molecule has 3 rings (SSSR count). The second-order valence-electron chi connectivity index (χ2n) is 6.09. The Hall–Kier alpha value is -1.98. The van der Waals surface area contributed by atoms with Crippen LogP contribution in [0.1, 0.15) is 28.8 Å². The number of carbonyl (C=O) groups is 2. The normalized spacial score (nSPS) is 16.3. The van der Waals surface area contributed by atoms with Gasteiger partial charge >= 0.3 is 0 Å². The van der Waals surface area contributed by atoms with Crippen molar-refractivity contribution in [3.8, 4) is 5.75 Å². The Morgan fingerprint density at radius 2 is 1.73 bits per heavy atom. The van der Waals surface area contributed by atoms with E-state index < -0.39 is 0 Å². The van der Waals surface area contributed by atoms with Crippen molar-refractivity contribution in [3.63, 3.8) is 0 Å². The van der Waals surface area contributed by atoms with E-state index in [0.29, 0.717) is 33.7 Å². The Balaban J connectivity index is 1.48. The molecule has 136 valence electrons. The molecule has 1 aliphatic rings. The van der Waals surface area contributed by atoms with Gasteiger partial charge in [-0.3, -0.25) is 9.59 Å². The van der Waals surface area contributed by atoms with Gasteiger partial charge in [0.1, 0.15) is 5.75 Å². The highest BCUT2D eigenvalue weighted by molar-refractivity contribution is 8.00. The van der Waals surface area contributed by atoms with Crippen LogP contribution < -0.4 is 10.1 Å². The van der Waals surface area contributed by atoms with Crippen molar-refractivity contribution in [1.29, 1.82) is 0 Å². The number of amides is 1. The number of benzene rings is 2. The number of hydrogen-bond acceptors (Lipinski definition) is 4. The molecule has 1 atom stereocenters. The molecule has 0 bridgehead atoms. The van der Waals surface area contributed by atoms with Crippen molar-refractivity contribution >= 4 is 35.1 Å². The second kappa shape index (κ2) is 9.10. The van der Waals surface area contributed by atoms with Crippen LogP contribution >= 0.6 is 23.4 Å². The van der Waals surface area contributed by atoms with Crippen LogP contribution in [0.4, 0.5) is 0 Å². The van der Waals surface area contributed by atoms with E-state index in [0.717, 1.165) is 6.42 Å². The molecule has 0 radical (unpaired) electrons. The summed E-state index contributed by atoms with van der Waals surface area (Å²) in [5.74, 6) is 1.53. The highest BCUT2D eigenvalue weighted by atomic mass is 35.5. The number of nitrogens with one attached hydrogen (secondary N) is 1. The van der Waals surface area contributed by atoms with Crippen molar-refractivity contribution in [1.82, 2.24) is 5.32 Å². The molecule has 1 fully saturated rings. The fourth-order valence-corrected chi connectivity index (χ4v) is 4.03. The van der Waals surface area contributed by atoms with Gasteiger partial charge in [-0.15, -0.1) is 0 Å². The SMILES string of the molecule is O=C(COc1ccc(C(=O)c2ccc(Cl)cc2)cc1)NCC1CCCS1. The van der Waals surface area contributed by atoms with Crippen LogP contribution in [0.15, 0.2) is 48.5 Å². The van der Waals surface area contributed by atoms with E-state index in [4.69, 9.17) is 16.3 Å². The Bertz CT molecular complexity index is 756. The molecule has 1 saturated heterocycles. The number of ether oxygens (including phenoxy) is 1. The zero-order valence-corrected chi connectivity index (χ0v) is 15.8. The largest absolute Gasteiger partial charge is 0.484 e. The van der Waals surface area contributed by atoms with Gasteiger partial charge < -0.3 is 10.1 Å². The fraction of sp³-hybridized carbons (Fsp3) is 0.300. The second-order valence-corrected chi connectivity index (χ2v) is 7.93. The maximum atomic E-state index is 12.4. The number of hydrogen-bond donors (Lipinski definition) is 1. The summed E-state index contributed by atoms with van der Waals surface area (Å²) in [6.45, 7) is 0.670. The molecular formula is C20H20ClNO3S. The summed E-state index contributed by atoms with van der Waals surface area (Å²) >= 11 is 7.75. The third-order valence-corrected chi connectivity index (χ3v) is 5.79. The van der Waals surface area contributed by atoms with Crippen molar-refractivity contribution in [2.75, 3.05) is 18.9 Å². The Labute approximate surface area is 162 Å². The van der Waals surface area contributed by atoms with E-state index >= 15 is 0 Å². The third kappa shape index (κ3) is 5.26. The van der Waals surface area contributed by atoms with E-state index in [2.05, 4.69) is 5.32 Å². The lowest BCUT2D eigenvalue weighted by atomic mass is 10.0. The van der Waals surface area contributed by atoms with E-state index in [1.54, 1.807) is 48.5 Å². The molecule has 1 amide bonds. The Kier molecular flexibility index (Phi) is 6.58. The maximum absolute atomic E-state index is 12.4. The van der Waals surface area contributed by atoms with Crippen LogP contribution in [0.25, 0.3) is 0 Å². The number of ketones is 1. The van der Waals surface area contributed by atoms with Crippen LogP contribution in [0.3, 0.4) is 0 Å². The zero-order chi connectivity index (χ0) is 18.4. The minimum atomic E-state index is -0.126. The first kappa shape index (κ1) is 18.8. The van der Waals surface area contributed by atoms with E-state index in [-0.39, 0.29) is 18.3 Å². The van der Waals surface area contributed by atoms with Gasteiger partial charge in [0.05, 0.1) is 0 Å². The predicted molar refractivity (Wildman–Crippen MR) is 105 cm³/mol. The topological polar surface area (TPSA) is 55.4 Å². The summed E-state index contributed by atoms with van der Waals surface area (Å²) in [5.41, 5.74) is 1.13. The van der Waals surface area contributed by atoms with Crippen LogP contribution in [-0.2, 0) is 4.79 Å². The van der Waals surface area contributed by atoms with Crippen LogP contribution in [0.5, 0.6) is 5.75 Å². The third-order valence-electron chi connectivity index (χ3n) is 4.14. The number of halogens is 1. The molecule has 6 heteroatoms. The molecule has 1 N–H and O–H groups in total. The van der Waals surface area contributed by atoms with Crippen molar-refractivity contribution in [3.05, 3.63) is 64.7 Å². The molecule has 0 aromatic heterocycles. The van der Waals surface area contributed by atoms with Gasteiger partial charge in [0.15, 0.2) is 12.4 Å². The summed E-state index contributed by atoms with van der Waals surface area (Å²) < 4.78 is 5.49. The Morgan fingerprint density at radius 1 is 1.08 bits per heavy atom. The standard InChI is InChI=1S/C20H20ClNO3S/c21-16-7-3-14(4-8-16)20(24)15-5-9-17(10-6-15)25-13-19(23)22-12-18-2-1-11-26-18/h3-10,18H,1-2,11-13H2,(H,22,23). The summed E-state index contributed by atoms with van der Waals surface area (Å²) in [5, 5.41) is 4.02. The molecule has 2 aromatic rings. The van der Waals surface area contributed by atoms with Gasteiger partial charge in [-0.2, -0.15) is 11.8 Å². The molecule has 2 aromatic carbocycles. The van der Waals surface area contributed by atoms with Crippen molar-refractivity contribution in [2.24, 2.45) is 0 Å². The van der Waals surface area contributed by atoms with Gasteiger partial charge in [0, 0.05) is 27.9 Å². The molecule has 0 spiro atoms. The molecule has 1 unspecified atom stereocenters. The first-order chi connectivity index (χ1) is 12.6. The van der Waals surface area contributed by atoms with Gasteiger partial charge in [0.25, 0.3) is 5.91 Å². The van der Waals surface area contributed by atoms with Gasteiger partial charge in [0.2, 0.25) is 0 Å². The number of rotatable bonds is 7. The van der Waals surface area contributed by atoms with Crippen molar-refractivity contribution < 1.29 is 14.3 Å². The molecule has 4 nitrogen and oxygen atoms in total. The quantitative estimate of drug-likeness (QED) is 0.728. The average molecular weight is 390 g/mol. The molecular weight excluding hydrogens is 370 g/mol. The highest BCUT2D eigenvalue weighted by Crippen LogP contribution is 2.25. The summed E-state index contributed by atoms with van der Waals surface area (Å²) in [7, 11) is 0. The van der Waals surface area contributed by atoms with E-state index in [1.807, 2.05) is 11.8 Å². The van der Waals surface area contributed by atoms with Crippen molar-refractivity contribution in [2.45, 2.75) is 18.1 Å². The van der Waals surface area contributed by atoms with E-state index in [1.165, 1.54) is 12.2 Å². The first-order valence-electron chi connectivity index (χ1n) is 8.53. The monoisotopic (exact) mass is 389 g/mol. The Morgan fingerprint density at radius 3 is 2.35 bits per heavy atom. The number of thioether (sulfide) groups is 1. The van der Waals surface area contributed by atoms with Gasteiger partial charge in [-0.25, -0.2) is 0 Å². The lowest BCUT2D eigenvalue weighted by Crippen LogP contribution is -2.33. The minimum Gasteiger partial charge on any atom is -0.484 e. The van der Waals surface area contributed by atoms with Crippen LogP contribution in [0, 0.1) is 0 Å². The first-order valence-corrected chi connectivity index (χ1v) is 9.96. The molecule has 0 aliphatic carbocycles. The maximum Gasteiger partial charge on any atom is 0.257 e. The van der Waals surface area contributed by atoms with Gasteiger partial charge in [-0.1, -0.05) is 11.6 Å². The lowest BCUT2D eigenvalue weighted by molar-refractivity contribution is -0.123.